The molecule has 0 N–H and O–H groups in total. The highest BCUT2D eigenvalue weighted by atomic mass is 16.6. The van der Waals surface area contributed by atoms with Gasteiger partial charge in [0.2, 0.25) is 0 Å². The van der Waals surface area contributed by atoms with Crippen molar-refractivity contribution in [1.82, 2.24) is 14.8 Å². The predicted octanol–water partition coefficient (Wildman–Crippen LogP) is 1.39. The zero-order valence-corrected chi connectivity index (χ0v) is 8.74. The maximum absolute atomic E-state index is 11.9. The van der Waals surface area contributed by atoms with Gasteiger partial charge in [0, 0.05) is 12.1 Å². The Morgan fingerprint density at radius 3 is 2.94 bits per heavy atom. The highest BCUT2D eigenvalue weighted by Crippen LogP contribution is 2.32. The van der Waals surface area contributed by atoms with Gasteiger partial charge in [-0.25, -0.2) is 4.98 Å². The van der Waals surface area contributed by atoms with Crippen LogP contribution in [0.15, 0.2) is 18.3 Å². The maximum Gasteiger partial charge on any atom is 0.400 e. The highest BCUT2D eigenvalue weighted by Gasteiger charge is 2.36. The Morgan fingerprint density at radius 2 is 2.29 bits per heavy atom. The molecule has 0 aromatic carbocycles. The topological polar surface area (TPSA) is 90.9 Å². The number of nitro groups is 1. The van der Waals surface area contributed by atoms with E-state index in [1.165, 1.54) is 6.20 Å². The molecule has 0 unspecified atom stereocenters. The Morgan fingerprint density at radius 1 is 1.53 bits per heavy atom. The number of fused-ring (bicyclic) bond motifs is 1. The molecular weight excluding hydrogens is 224 g/mol. The van der Waals surface area contributed by atoms with Crippen LogP contribution >= 0.6 is 0 Å². The zero-order valence-electron chi connectivity index (χ0n) is 8.74. The number of aromatic nitrogens is 3. The van der Waals surface area contributed by atoms with Crippen LogP contribution in [0.25, 0.3) is 11.0 Å². The van der Waals surface area contributed by atoms with Gasteiger partial charge in [-0.3, -0.25) is 4.79 Å². The lowest BCUT2D eigenvalue weighted by Gasteiger charge is -1.93. The summed E-state index contributed by atoms with van der Waals surface area (Å²) in [5.74, 6) is -0.580. The summed E-state index contributed by atoms with van der Waals surface area (Å²) < 4.78 is 1.06. The van der Waals surface area contributed by atoms with Crippen molar-refractivity contribution >= 4 is 22.8 Å². The second-order valence-electron chi connectivity index (χ2n) is 3.98. The zero-order chi connectivity index (χ0) is 12.0. The molecule has 0 saturated heterocycles. The molecule has 0 bridgehead atoms. The third-order valence-electron chi connectivity index (χ3n) is 2.73. The molecule has 7 heteroatoms. The van der Waals surface area contributed by atoms with Crippen molar-refractivity contribution in [2.45, 2.75) is 12.8 Å². The van der Waals surface area contributed by atoms with Crippen molar-refractivity contribution < 1.29 is 9.72 Å². The number of hydrogen-bond donors (Lipinski definition) is 0. The van der Waals surface area contributed by atoms with Crippen LogP contribution < -0.4 is 0 Å². The van der Waals surface area contributed by atoms with Crippen LogP contribution in [-0.4, -0.2) is 25.6 Å². The first-order valence-electron chi connectivity index (χ1n) is 5.21. The molecule has 0 aliphatic heterocycles. The van der Waals surface area contributed by atoms with E-state index in [2.05, 4.69) is 10.1 Å². The first-order chi connectivity index (χ1) is 8.18. The van der Waals surface area contributed by atoms with Crippen molar-refractivity contribution in [2.75, 3.05) is 0 Å². The normalized spacial score (nSPS) is 15.1. The van der Waals surface area contributed by atoms with E-state index in [0.29, 0.717) is 5.39 Å². The van der Waals surface area contributed by atoms with Gasteiger partial charge in [0.1, 0.15) is 5.39 Å². The van der Waals surface area contributed by atoms with Gasteiger partial charge in [0.25, 0.3) is 5.91 Å². The van der Waals surface area contributed by atoms with Gasteiger partial charge in [0.05, 0.1) is 5.10 Å². The van der Waals surface area contributed by atoms with Crippen LogP contribution in [0.1, 0.15) is 17.6 Å². The van der Waals surface area contributed by atoms with E-state index in [-0.39, 0.29) is 23.3 Å². The Labute approximate surface area is 95.2 Å². The molecule has 1 aliphatic carbocycles. The Balaban J connectivity index is 2.24. The largest absolute Gasteiger partial charge is 0.400 e. The lowest BCUT2D eigenvalue weighted by atomic mass is 10.3. The molecule has 2 heterocycles. The van der Waals surface area contributed by atoms with E-state index in [9.17, 15) is 14.9 Å². The van der Waals surface area contributed by atoms with E-state index in [0.717, 1.165) is 17.5 Å². The van der Waals surface area contributed by atoms with Crippen molar-refractivity contribution in [2.24, 2.45) is 5.92 Å². The molecular formula is C10H8N4O3. The third kappa shape index (κ3) is 1.47. The average molecular weight is 232 g/mol. The number of nitrogens with zero attached hydrogens (tertiary/aromatic N) is 4. The molecule has 86 valence electrons. The summed E-state index contributed by atoms with van der Waals surface area (Å²) in [6.45, 7) is 0. The Hall–Kier alpha value is -2.31. The van der Waals surface area contributed by atoms with Gasteiger partial charge in [0.15, 0.2) is 5.65 Å². The maximum atomic E-state index is 11.9. The molecule has 17 heavy (non-hydrogen) atoms. The molecule has 2 aromatic heterocycles. The highest BCUT2D eigenvalue weighted by molar-refractivity contribution is 5.94. The van der Waals surface area contributed by atoms with Crippen LogP contribution in [0.4, 0.5) is 5.82 Å². The second kappa shape index (κ2) is 3.34. The van der Waals surface area contributed by atoms with E-state index < -0.39 is 4.92 Å². The number of pyridine rings is 1. The lowest BCUT2D eigenvalue weighted by Crippen LogP contribution is -2.14. The molecule has 0 amide bonds. The van der Waals surface area contributed by atoms with Gasteiger partial charge in [-0.05, 0) is 29.9 Å². The van der Waals surface area contributed by atoms with E-state index in [1.54, 1.807) is 12.1 Å². The SMILES string of the molecule is O=C(C1CC1)n1nc([N+](=O)[O-])c2cccnc21. The predicted molar refractivity (Wildman–Crippen MR) is 57.5 cm³/mol. The van der Waals surface area contributed by atoms with Crippen LogP contribution in [0.2, 0.25) is 0 Å². The summed E-state index contributed by atoms with van der Waals surface area (Å²) >= 11 is 0. The quantitative estimate of drug-likeness (QED) is 0.576. The summed E-state index contributed by atoms with van der Waals surface area (Å²) in [6, 6.07) is 3.13. The first kappa shape index (κ1) is 9.88. The summed E-state index contributed by atoms with van der Waals surface area (Å²) in [5, 5.41) is 14.9. The third-order valence-corrected chi connectivity index (χ3v) is 2.73. The molecule has 0 atom stereocenters. The Bertz CT molecular complexity index is 630. The minimum absolute atomic E-state index is 0.0558. The molecule has 1 saturated carbocycles. The van der Waals surface area contributed by atoms with Gasteiger partial charge >= 0.3 is 5.82 Å². The molecule has 2 aromatic rings. The minimum atomic E-state index is -0.597. The lowest BCUT2D eigenvalue weighted by molar-refractivity contribution is -0.388. The van der Waals surface area contributed by atoms with Crippen molar-refractivity contribution in [3.8, 4) is 0 Å². The van der Waals surface area contributed by atoms with Gasteiger partial charge in [-0.1, -0.05) is 4.68 Å². The van der Waals surface area contributed by atoms with Gasteiger partial charge < -0.3 is 10.1 Å². The summed E-state index contributed by atoms with van der Waals surface area (Å²) in [7, 11) is 0. The van der Waals surface area contributed by atoms with Crippen LogP contribution in [-0.2, 0) is 0 Å². The van der Waals surface area contributed by atoms with Gasteiger partial charge in [-0.2, -0.15) is 0 Å². The number of hydrogen-bond acceptors (Lipinski definition) is 5. The fourth-order valence-electron chi connectivity index (χ4n) is 1.73. The monoisotopic (exact) mass is 232 g/mol. The number of carbonyl (C=O) groups is 1. The first-order valence-corrected chi connectivity index (χ1v) is 5.21. The van der Waals surface area contributed by atoms with E-state index >= 15 is 0 Å². The molecule has 3 rings (SSSR count). The summed E-state index contributed by atoms with van der Waals surface area (Å²) in [4.78, 5) is 26.1. The molecule has 0 radical (unpaired) electrons. The molecule has 1 aliphatic rings. The summed E-state index contributed by atoms with van der Waals surface area (Å²) in [6.07, 6.45) is 3.13. The molecule has 0 spiro atoms. The number of rotatable bonds is 2. The molecule has 1 fully saturated rings. The van der Waals surface area contributed by atoms with Crippen molar-refractivity contribution in [1.29, 1.82) is 0 Å². The van der Waals surface area contributed by atoms with Crippen molar-refractivity contribution in [3.63, 3.8) is 0 Å². The van der Waals surface area contributed by atoms with Gasteiger partial charge in [-0.15, -0.1) is 0 Å². The van der Waals surface area contributed by atoms with Crippen LogP contribution in [0.3, 0.4) is 0 Å². The summed E-state index contributed by atoms with van der Waals surface area (Å²) in [5.41, 5.74) is 0.260. The average Bonchev–Trinajstić information content (AvgIpc) is 3.08. The van der Waals surface area contributed by atoms with E-state index in [1.807, 2.05) is 0 Å². The standard InChI is InChI=1S/C10H8N4O3/c15-10(6-3-4-6)13-8-7(2-1-5-11-8)9(12-13)14(16)17/h1-2,5-6H,3-4H2. The fraction of sp³-hybridized carbons (Fsp3) is 0.300. The van der Waals surface area contributed by atoms with E-state index in [4.69, 9.17) is 0 Å². The minimum Gasteiger partial charge on any atom is -0.358 e. The number of carbonyl (C=O) groups excluding carboxylic acids is 1. The molecule has 7 nitrogen and oxygen atoms in total. The van der Waals surface area contributed by atoms with Crippen LogP contribution in [0.5, 0.6) is 0 Å². The fourth-order valence-corrected chi connectivity index (χ4v) is 1.73. The van der Waals surface area contributed by atoms with Crippen LogP contribution in [0, 0.1) is 16.0 Å². The Kier molecular flexibility index (Phi) is 1.94. The second-order valence-corrected chi connectivity index (χ2v) is 3.98. The smallest absolute Gasteiger partial charge is 0.358 e. The van der Waals surface area contributed by atoms with Crippen molar-refractivity contribution in [3.05, 3.63) is 28.4 Å².